The molecule has 0 saturated heterocycles. The molecule has 0 heterocycles. The lowest BCUT2D eigenvalue weighted by molar-refractivity contribution is 0.190. The Kier molecular flexibility index (Phi) is 5.81. The molecule has 2 nitrogen and oxygen atoms in total. The molecule has 0 atom stereocenters. The third kappa shape index (κ3) is 4.12. The Balaban J connectivity index is 2.65. The van der Waals surface area contributed by atoms with Crippen molar-refractivity contribution in [1.82, 2.24) is 4.90 Å². The summed E-state index contributed by atoms with van der Waals surface area (Å²) in [6.45, 7) is 7.01. The number of benzene rings is 1. The minimum absolute atomic E-state index is 0.215. The van der Waals surface area contributed by atoms with E-state index in [1.165, 1.54) is 5.56 Å². The van der Waals surface area contributed by atoms with Gasteiger partial charge in [0.25, 0.3) is 0 Å². The van der Waals surface area contributed by atoms with Gasteiger partial charge in [0.2, 0.25) is 0 Å². The predicted molar refractivity (Wildman–Crippen MR) is 68.8 cm³/mol. The summed E-state index contributed by atoms with van der Waals surface area (Å²) in [6.07, 6.45) is 1.10. The number of rotatable bonds is 6. The van der Waals surface area contributed by atoms with E-state index in [1.807, 2.05) is 13.0 Å². The van der Waals surface area contributed by atoms with E-state index in [-0.39, 0.29) is 6.61 Å². The molecular weight excluding hydrogens is 222 g/mol. The molecule has 90 valence electrons. The third-order valence-electron chi connectivity index (χ3n) is 2.58. The smallest absolute Gasteiger partial charge is 0.0558 e. The van der Waals surface area contributed by atoms with Crippen LogP contribution in [0.2, 0.25) is 5.02 Å². The summed E-state index contributed by atoms with van der Waals surface area (Å²) < 4.78 is 0. The monoisotopic (exact) mass is 241 g/mol. The zero-order chi connectivity index (χ0) is 12.0. The number of aryl methyl sites for hydroxylation is 1. The van der Waals surface area contributed by atoms with Gasteiger partial charge in [0, 0.05) is 18.1 Å². The zero-order valence-electron chi connectivity index (χ0n) is 10.0. The van der Waals surface area contributed by atoms with Gasteiger partial charge < -0.3 is 5.11 Å². The van der Waals surface area contributed by atoms with Crippen LogP contribution in [0.15, 0.2) is 18.2 Å². The standard InChI is InChI=1S/C13H20ClNO/c1-3-6-15(7-8-16)10-12-4-5-13(14)11(2)9-12/h4-5,9,16H,3,6-8,10H2,1-2H3. The lowest BCUT2D eigenvalue weighted by Gasteiger charge is -2.20. The SMILES string of the molecule is CCCN(CCO)Cc1ccc(Cl)c(C)c1. The minimum Gasteiger partial charge on any atom is -0.395 e. The van der Waals surface area contributed by atoms with Crippen LogP contribution in [0.3, 0.4) is 0 Å². The van der Waals surface area contributed by atoms with Crippen LogP contribution < -0.4 is 0 Å². The summed E-state index contributed by atoms with van der Waals surface area (Å²) in [5.74, 6) is 0. The summed E-state index contributed by atoms with van der Waals surface area (Å²) in [4.78, 5) is 2.25. The summed E-state index contributed by atoms with van der Waals surface area (Å²) in [5, 5.41) is 9.79. The van der Waals surface area contributed by atoms with Crippen molar-refractivity contribution in [3.8, 4) is 0 Å². The van der Waals surface area contributed by atoms with Crippen molar-refractivity contribution < 1.29 is 5.11 Å². The first kappa shape index (κ1) is 13.5. The lowest BCUT2D eigenvalue weighted by Crippen LogP contribution is -2.27. The molecule has 0 aliphatic rings. The van der Waals surface area contributed by atoms with Crippen molar-refractivity contribution >= 4 is 11.6 Å². The molecule has 1 aromatic rings. The van der Waals surface area contributed by atoms with E-state index in [2.05, 4.69) is 24.0 Å². The normalized spacial score (nSPS) is 11.1. The molecule has 0 aliphatic heterocycles. The lowest BCUT2D eigenvalue weighted by atomic mass is 10.1. The van der Waals surface area contributed by atoms with E-state index < -0.39 is 0 Å². The van der Waals surface area contributed by atoms with Gasteiger partial charge >= 0.3 is 0 Å². The number of hydrogen-bond donors (Lipinski definition) is 1. The number of aliphatic hydroxyl groups excluding tert-OH is 1. The van der Waals surface area contributed by atoms with Gasteiger partial charge in [-0.15, -0.1) is 0 Å². The average molecular weight is 242 g/mol. The molecule has 0 spiro atoms. The highest BCUT2D eigenvalue weighted by Gasteiger charge is 2.05. The first-order chi connectivity index (χ1) is 7.67. The van der Waals surface area contributed by atoms with Crippen LogP contribution >= 0.6 is 11.6 Å². The molecule has 0 unspecified atom stereocenters. The van der Waals surface area contributed by atoms with Gasteiger partial charge in [0.1, 0.15) is 0 Å². The zero-order valence-corrected chi connectivity index (χ0v) is 10.8. The van der Waals surface area contributed by atoms with Gasteiger partial charge in [-0.05, 0) is 37.1 Å². The van der Waals surface area contributed by atoms with Crippen molar-refractivity contribution in [1.29, 1.82) is 0 Å². The highest BCUT2D eigenvalue weighted by Crippen LogP contribution is 2.17. The van der Waals surface area contributed by atoms with E-state index in [0.717, 1.165) is 36.6 Å². The largest absolute Gasteiger partial charge is 0.395 e. The van der Waals surface area contributed by atoms with Crippen LogP contribution in [-0.2, 0) is 6.54 Å². The van der Waals surface area contributed by atoms with Gasteiger partial charge in [-0.25, -0.2) is 0 Å². The first-order valence-electron chi connectivity index (χ1n) is 5.75. The molecule has 0 aliphatic carbocycles. The molecular formula is C13H20ClNO. The maximum atomic E-state index is 8.98. The number of halogens is 1. The minimum atomic E-state index is 0.215. The Morgan fingerprint density at radius 1 is 1.31 bits per heavy atom. The van der Waals surface area contributed by atoms with Gasteiger partial charge in [0.05, 0.1) is 6.61 Å². The van der Waals surface area contributed by atoms with Crippen molar-refractivity contribution in [2.75, 3.05) is 19.7 Å². The molecule has 0 radical (unpaired) electrons. The average Bonchev–Trinajstić information content (AvgIpc) is 2.24. The third-order valence-corrected chi connectivity index (χ3v) is 3.01. The van der Waals surface area contributed by atoms with Gasteiger partial charge in [-0.3, -0.25) is 4.90 Å². The number of aliphatic hydroxyl groups is 1. The number of hydrogen-bond acceptors (Lipinski definition) is 2. The predicted octanol–water partition coefficient (Wildman–Crippen LogP) is 2.85. The molecule has 1 N–H and O–H groups in total. The fraction of sp³-hybridized carbons (Fsp3) is 0.538. The Labute approximate surface area is 103 Å². The van der Waals surface area contributed by atoms with E-state index in [9.17, 15) is 0 Å². The maximum absolute atomic E-state index is 8.98. The molecule has 0 saturated carbocycles. The van der Waals surface area contributed by atoms with Crippen LogP contribution in [0.25, 0.3) is 0 Å². The maximum Gasteiger partial charge on any atom is 0.0558 e. The number of nitrogens with zero attached hydrogens (tertiary/aromatic N) is 1. The van der Waals surface area contributed by atoms with Crippen molar-refractivity contribution in [2.24, 2.45) is 0 Å². The van der Waals surface area contributed by atoms with E-state index >= 15 is 0 Å². The van der Waals surface area contributed by atoms with Gasteiger partial charge in [-0.1, -0.05) is 30.7 Å². The molecule has 3 heteroatoms. The quantitative estimate of drug-likeness (QED) is 0.828. The molecule has 0 fully saturated rings. The topological polar surface area (TPSA) is 23.5 Å². The Hall–Kier alpha value is -0.570. The highest BCUT2D eigenvalue weighted by molar-refractivity contribution is 6.31. The molecule has 0 aromatic heterocycles. The fourth-order valence-corrected chi connectivity index (χ4v) is 1.91. The van der Waals surface area contributed by atoms with Gasteiger partial charge in [0.15, 0.2) is 0 Å². The second-order valence-corrected chi connectivity index (χ2v) is 4.49. The fourth-order valence-electron chi connectivity index (χ4n) is 1.79. The Morgan fingerprint density at radius 2 is 2.06 bits per heavy atom. The van der Waals surface area contributed by atoms with Crippen LogP contribution in [0.4, 0.5) is 0 Å². The van der Waals surface area contributed by atoms with Crippen LogP contribution in [0.5, 0.6) is 0 Å². The summed E-state index contributed by atoms with van der Waals surface area (Å²) >= 11 is 5.99. The van der Waals surface area contributed by atoms with Crippen LogP contribution in [0.1, 0.15) is 24.5 Å². The Bertz CT molecular complexity index is 322. The van der Waals surface area contributed by atoms with Crippen LogP contribution in [0, 0.1) is 6.92 Å². The second-order valence-electron chi connectivity index (χ2n) is 4.08. The van der Waals surface area contributed by atoms with E-state index in [4.69, 9.17) is 16.7 Å². The van der Waals surface area contributed by atoms with Crippen molar-refractivity contribution in [2.45, 2.75) is 26.8 Å². The Morgan fingerprint density at radius 3 is 2.62 bits per heavy atom. The van der Waals surface area contributed by atoms with Crippen molar-refractivity contribution in [3.63, 3.8) is 0 Å². The second kappa shape index (κ2) is 6.89. The van der Waals surface area contributed by atoms with E-state index in [0.29, 0.717) is 0 Å². The van der Waals surface area contributed by atoms with Crippen molar-refractivity contribution in [3.05, 3.63) is 34.3 Å². The molecule has 0 amide bonds. The molecule has 16 heavy (non-hydrogen) atoms. The van der Waals surface area contributed by atoms with E-state index in [1.54, 1.807) is 0 Å². The van der Waals surface area contributed by atoms with Crippen LogP contribution in [-0.4, -0.2) is 29.7 Å². The first-order valence-corrected chi connectivity index (χ1v) is 6.13. The summed E-state index contributed by atoms with van der Waals surface area (Å²) in [5.41, 5.74) is 2.36. The molecule has 0 bridgehead atoms. The van der Waals surface area contributed by atoms with Gasteiger partial charge in [-0.2, -0.15) is 0 Å². The molecule has 1 aromatic carbocycles. The summed E-state index contributed by atoms with van der Waals surface area (Å²) in [7, 11) is 0. The molecule has 1 rings (SSSR count). The highest BCUT2D eigenvalue weighted by atomic mass is 35.5. The summed E-state index contributed by atoms with van der Waals surface area (Å²) in [6, 6.07) is 6.10.